The molecule has 2 aromatic carbocycles. The molecule has 27 heavy (non-hydrogen) atoms. The van der Waals surface area contributed by atoms with Crippen LogP contribution in [0, 0.1) is 0 Å². The predicted molar refractivity (Wildman–Crippen MR) is 96.5 cm³/mol. The molecule has 3 aliphatic heterocycles. The summed E-state index contributed by atoms with van der Waals surface area (Å²) in [6.45, 7) is 3.32. The van der Waals surface area contributed by atoms with E-state index >= 15 is 0 Å². The number of morpholine rings is 1. The van der Waals surface area contributed by atoms with Crippen LogP contribution >= 0.6 is 0 Å². The van der Waals surface area contributed by atoms with Gasteiger partial charge in [0.25, 0.3) is 0 Å². The topological polar surface area (TPSA) is 57.2 Å². The molecule has 0 bridgehead atoms. The smallest absolute Gasteiger partial charge is 0.326 e. The van der Waals surface area contributed by atoms with Gasteiger partial charge in [-0.2, -0.15) is 0 Å². The highest BCUT2D eigenvalue weighted by molar-refractivity contribution is 5.78. The normalized spacial score (nSPS) is 29.9. The third kappa shape index (κ3) is 2.76. The number of benzene rings is 2. The van der Waals surface area contributed by atoms with Crippen LogP contribution in [0.3, 0.4) is 0 Å². The second-order valence-corrected chi connectivity index (χ2v) is 7.05. The fraction of sp³-hybridized carbons (Fsp3) is 0.381. The molecule has 0 saturated carbocycles. The molecule has 1 unspecified atom stereocenters. The lowest BCUT2D eigenvalue weighted by Crippen LogP contribution is -2.50. The van der Waals surface area contributed by atoms with Gasteiger partial charge >= 0.3 is 5.97 Å². The average Bonchev–Trinajstić information content (AvgIpc) is 3.07. The second-order valence-electron chi connectivity index (χ2n) is 7.05. The highest BCUT2D eigenvalue weighted by Crippen LogP contribution is 2.45. The van der Waals surface area contributed by atoms with Crippen LogP contribution in [-0.4, -0.2) is 42.8 Å². The number of hydrogen-bond donors (Lipinski definition) is 0. The zero-order chi connectivity index (χ0) is 18.4. The number of fused-ring (bicyclic) bond motifs is 2. The van der Waals surface area contributed by atoms with Crippen molar-refractivity contribution in [3.05, 3.63) is 59.7 Å². The van der Waals surface area contributed by atoms with Crippen LogP contribution < -0.4 is 9.47 Å². The minimum atomic E-state index is -0.429. The molecule has 2 saturated heterocycles. The van der Waals surface area contributed by atoms with Crippen molar-refractivity contribution in [3.8, 4) is 11.5 Å². The van der Waals surface area contributed by atoms with E-state index < -0.39 is 6.04 Å². The molecule has 0 spiro atoms. The van der Waals surface area contributed by atoms with E-state index in [1.807, 2.05) is 43.3 Å². The first-order valence-electron chi connectivity index (χ1n) is 9.26. The SMILES string of the molecule is C[C@H]1O[C@@H](c2ccc3c(c2)OCCO3)N2C1C(=O)OC[C@@H]2c1ccccc1. The Hall–Kier alpha value is -2.57. The van der Waals surface area contributed by atoms with Gasteiger partial charge in [-0.25, -0.2) is 4.90 Å². The fourth-order valence-electron chi connectivity index (χ4n) is 4.15. The highest BCUT2D eigenvalue weighted by atomic mass is 16.6. The zero-order valence-electron chi connectivity index (χ0n) is 15.0. The van der Waals surface area contributed by atoms with E-state index in [4.69, 9.17) is 18.9 Å². The highest BCUT2D eigenvalue weighted by Gasteiger charge is 2.52. The molecule has 6 heteroatoms. The van der Waals surface area contributed by atoms with Crippen molar-refractivity contribution in [3.63, 3.8) is 0 Å². The van der Waals surface area contributed by atoms with E-state index in [-0.39, 0.29) is 24.3 Å². The van der Waals surface area contributed by atoms with Crippen molar-refractivity contribution in [2.45, 2.75) is 31.3 Å². The van der Waals surface area contributed by atoms with E-state index in [1.165, 1.54) is 0 Å². The number of nitrogens with zero attached hydrogens (tertiary/aromatic N) is 1. The van der Waals surface area contributed by atoms with Crippen LogP contribution in [0.4, 0.5) is 0 Å². The van der Waals surface area contributed by atoms with Crippen LogP contribution in [0.15, 0.2) is 48.5 Å². The number of ether oxygens (including phenoxy) is 4. The van der Waals surface area contributed by atoms with Gasteiger partial charge in [-0.05, 0) is 30.2 Å². The Morgan fingerprint density at radius 3 is 2.52 bits per heavy atom. The summed E-state index contributed by atoms with van der Waals surface area (Å²) in [5, 5.41) is 0. The first-order chi connectivity index (χ1) is 13.2. The summed E-state index contributed by atoms with van der Waals surface area (Å²) in [6, 6.07) is 15.5. The Balaban J connectivity index is 1.55. The van der Waals surface area contributed by atoms with Crippen LogP contribution in [-0.2, 0) is 14.3 Å². The maximum Gasteiger partial charge on any atom is 0.326 e. The minimum Gasteiger partial charge on any atom is -0.486 e. The maximum absolute atomic E-state index is 12.5. The number of rotatable bonds is 2. The van der Waals surface area contributed by atoms with Gasteiger partial charge in [0.2, 0.25) is 0 Å². The van der Waals surface area contributed by atoms with Gasteiger partial charge in [-0.15, -0.1) is 0 Å². The van der Waals surface area contributed by atoms with Gasteiger partial charge < -0.3 is 18.9 Å². The van der Waals surface area contributed by atoms with E-state index in [9.17, 15) is 4.79 Å². The summed E-state index contributed by atoms with van der Waals surface area (Å²) in [4.78, 5) is 14.6. The number of esters is 1. The molecule has 0 amide bonds. The molecule has 0 N–H and O–H groups in total. The van der Waals surface area contributed by atoms with Crippen LogP contribution in [0.25, 0.3) is 0 Å². The van der Waals surface area contributed by atoms with Crippen LogP contribution in [0.5, 0.6) is 11.5 Å². The molecule has 2 fully saturated rings. The Labute approximate surface area is 157 Å². The predicted octanol–water partition coefficient (Wildman–Crippen LogP) is 2.84. The number of cyclic esters (lactones) is 1. The van der Waals surface area contributed by atoms with Gasteiger partial charge in [0.15, 0.2) is 11.5 Å². The molecule has 140 valence electrons. The van der Waals surface area contributed by atoms with E-state index in [2.05, 4.69) is 17.0 Å². The van der Waals surface area contributed by atoms with Gasteiger partial charge in [-0.1, -0.05) is 36.4 Å². The molecule has 0 radical (unpaired) electrons. The van der Waals surface area contributed by atoms with Gasteiger partial charge in [0.05, 0.1) is 12.1 Å². The van der Waals surface area contributed by atoms with Gasteiger partial charge in [0.1, 0.15) is 32.1 Å². The fourth-order valence-corrected chi connectivity index (χ4v) is 4.15. The van der Waals surface area contributed by atoms with E-state index in [1.54, 1.807) is 0 Å². The van der Waals surface area contributed by atoms with Crippen molar-refractivity contribution in [2.75, 3.05) is 19.8 Å². The molecule has 3 aliphatic rings. The molecule has 4 atom stereocenters. The van der Waals surface area contributed by atoms with E-state index in [0.29, 0.717) is 25.6 Å². The van der Waals surface area contributed by atoms with Crippen molar-refractivity contribution in [1.82, 2.24) is 4.90 Å². The molecule has 0 aliphatic carbocycles. The summed E-state index contributed by atoms with van der Waals surface area (Å²) in [5.41, 5.74) is 2.06. The Kier molecular flexibility index (Phi) is 4.02. The third-order valence-corrected chi connectivity index (χ3v) is 5.40. The Morgan fingerprint density at radius 2 is 1.70 bits per heavy atom. The minimum absolute atomic E-state index is 0.0583. The van der Waals surface area contributed by atoms with Crippen molar-refractivity contribution in [2.24, 2.45) is 0 Å². The lowest BCUT2D eigenvalue weighted by atomic mass is 9.99. The number of hydrogen-bond acceptors (Lipinski definition) is 6. The van der Waals surface area contributed by atoms with Crippen LogP contribution in [0.1, 0.15) is 30.3 Å². The average molecular weight is 367 g/mol. The van der Waals surface area contributed by atoms with Crippen molar-refractivity contribution < 1.29 is 23.7 Å². The maximum atomic E-state index is 12.5. The third-order valence-electron chi connectivity index (χ3n) is 5.40. The molecular weight excluding hydrogens is 346 g/mol. The largest absolute Gasteiger partial charge is 0.486 e. The second kappa shape index (κ2) is 6.55. The first-order valence-corrected chi connectivity index (χ1v) is 9.26. The summed E-state index contributed by atoms with van der Waals surface area (Å²) >= 11 is 0. The monoisotopic (exact) mass is 367 g/mol. The summed E-state index contributed by atoms with van der Waals surface area (Å²) in [6.07, 6.45) is -0.610. The van der Waals surface area contributed by atoms with Gasteiger partial charge in [-0.3, -0.25) is 4.79 Å². The first kappa shape index (κ1) is 16.6. The molecule has 0 aromatic heterocycles. The molecule has 6 nitrogen and oxygen atoms in total. The Bertz CT molecular complexity index is 855. The van der Waals surface area contributed by atoms with Crippen molar-refractivity contribution in [1.29, 1.82) is 0 Å². The summed E-state index contributed by atoms with van der Waals surface area (Å²) in [5.74, 6) is 1.23. The standard InChI is InChI=1S/C21H21NO5/c1-13-19-21(23)26-12-16(14-5-3-2-4-6-14)22(19)20(27-13)15-7-8-17-18(11-15)25-10-9-24-17/h2-8,11,13,16,19-20H,9-10,12H2,1H3/t13-,16-,19?,20+/m1/s1. The summed E-state index contributed by atoms with van der Waals surface area (Å²) < 4.78 is 23.1. The van der Waals surface area contributed by atoms with E-state index in [0.717, 1.165) is 16.9 Å². The lowest BCUT2D eigenvalue weighted by molar-refractivity contribution is -0.163. The molecular formula is C21H21NO5. The molecule has 2 aromatic rings. The van der Waals surface area contributed by atoms with Crippen molar-refractivity contribution >= 4 is 5.97 Å². The Morgan fingerprint density at radius 1 is 0.926 bits per heavy atom. The quantitative estimate of drug-likeness (QED) is 0.761. The number of carbonyl (C=O) groups excluding carboxylic acids is 1. The number of carbonyl (C=O) groups is 1. The summed E-state index contributed by atoms with van der Waals surface area (Å²) in [7, 11) is 0. The zero-order valence-corrected chi connectivity index (χ0v) is 15.0. The molecule has 3 heterocycles. The lowest BCUT2D eigenvalue weighted by Gasteiger charge is -2.39. The van der Waals surface area contributed by atoms with Crippen LogP contribution in [0.2, 0.25) is 0 Å². The van der Waals surface area contributed by atoms with Gasteiger partial charge in [0, 0.05) is 0 Å². The molecule has 5 rings (SSSR count).